The molecule has 0 aliphatic heterocycles. The van der Waals surface area contributed by atoms with Crippen molar-refractivity contribution < 1.29 is 21.6 Å². The zero-order valence-corrected chi connectivity index (χ0v) is 15.5. The van der Waals surface area contributed by atoms with Crippen LogP contribution >= 0.6 is 59.1 Å². The van der Waals surface area contributed by atoms with Crippen LogP contribution in [0.5, 0.6) is 0 Å². The van der Waals surface area contributed by atoms with Crippen LogP contribution in [0.3, 0.4) is 0 Å². The number of benzene rings is 1. The van der Waals surface area contributed by atoms with Crippen LogP contribution in [-0.4, -0.2) is 14.9 Å². The fourth-order valence-electron chi connectivity index (χ4n) is 1.30. The molecule has 110 valence electrons. The van der Waals surface area contributed by atoms with Gasteiger partial charge in [0.05, 0.1) is 15.8 Å². The molecule has 0 saturated carbocycles. The quantitative estimate of drug-likeness (QED) is 0.506. The molecule has 0 unspecified atom stereocenters. The largest absolute Gasteiger partial charge is 0.416 e. The van der Waals surface area contributed by atoms with E-state index in [4.69, 9.17) is 0 Å². The van der Waals surface area contributed by atoms with Gasteiger partial charge in [-0.2, -0.15) is 13.2 Å². The van der Waals surface area contributed by atoms with Crippen molar-refractivity contribution in [2.24, 2.45) is 0 Å². The number of aromatic nitrogens is 1. The van der Waals surface area contributed by atoms with E-state index in [1.807, 2.05) is 0 Å². The molecular weight excluding hydrogens is 515 g/mol. The van der Waals surface area contributed by atoms with E-state index in [-0.39, 0.29) is 9.86 Å². The number of nitrogens with zero attached hydrogens (tertiary/aromatic N) is 1. The van der Waals surface area contributed by atoms with E-state index in [1.54, 1.807) is 0 Å². The van der Waals surface area contributed by atoms with Crippen molar-refractivity contribution in [2.75, 3.05) is 0 Å². The second-order valence-corrected chi connectivity index (χ2v) is 15.2. The summed E-state index contributed by atoms with van der Waals surface area (Å²) in [5.41, 5.74) is -0.887. The normalized spacial score (nSPS) is 13.9. The highest BCUT2D eigenvalue weighted by Crippen LogP contribution is 2.45. The minimum absolute atomic E-state index is 0.0137. The van der Waals surface area contributed by atoms with Crippen molar-refractivity contribution in [3.8, 4) is 0 Å². The molecule has 3 nitrogen and oxygen atoms in total. The molecule has 0 N–H and O–H groups in total. The third kappa shape index (κ3) is 3.06. The minimum atomic E-state index is -4.50. The second kappa shape index (κ2) is 5.18. The van der Waals surface area contributed by atoms with Crippen LogP contribution in [0, 0.1) is 0 Å². The number of sulfone groups is 1. The van der Waals surface area contributed by atoms with Crippen molar-refractivity contribution in [3.05, 3.63) is 23.8 Å². The summed E-state index contributed by atoms with van der Waals surface area (Å²) in [6.45, 7) is 0. The Morgan fingerprint density at radius 3 is 2.25 bits per heavy atom. The van der Waals surface area contributed by atoms with E-state index in [9.17, 15) is 21.6 Å². The van der Waals surface area contributed by atoms with Crippen LogP contribution in [0.25, 0.3) is 10.2 Å². The zero-order valence-electron chi connectivity index (χ0n) is 9.08. The van der Waals surface area contributed by atoms with Gasteiger partial charge < -0.3 is 0 Å². The molecule has 2 rings (SSSR count). The van der Waals surface area contributed by atoms with Gasteiger partial charge in [-0.05, 0) is 66.0 Å². The lowest BCUT2D eigenvalue weighted by Crippen LogP contribution is -2.17. The van der Waals surface area contributed by atoms with Crippen LogP contribution < -0.4 is 0 Å². The van der Waals surface area contributed by atoms with E-state index in [1.165, 1.54) is 6.07 Å². The maximum Gasteiger partial charge on any atom is 0.416 e. The van der Waals surface area contributed by atoms with Crippen molar-refractivity contribution in [1.82, 2.24) is 4.98 Å². The summed E-state index contributed by atoms with van der Waals surface area (Å²) in [5.74, 6) is 0. The van der Waals surface area contributed by atoms with Crippen LogP contribution in [0.15, 0.2) is 22.5 Å². The van der Waals surface area contributed by atoms with Gasteiger partial charge in [0.15, 0.2) is 0 Å². The Bertz CT molecular complexity index is 765. The monoisotopic (exact) mass is 515 g/mol. The Kier molecular flexibility index (Phi) is 4.32. The van der Waals surface area contributed by atoms with Crippen molar-refractivity contribution in [1.29, 1.82) is 0 Å². The van der Waals surface area contributed by atoms with Crippen LogP contribution in [0.1, 0.15) is 5.56 Å². The van der Waals surface area contributed by atoms with E-state index in [0.717, 1.165) is 23.5 Å². The summed E-state index contributed by atoms with van der Waals surface area (Å²) in [6.07, 6.45) is -4.50. The Balaban J connectivity index is 2.62. The molecule has 0 aliphatic carbocycles. The first-order valence-electron chi connectivity index (χ1n) is 4.72. The summed E-state index contributed by atoms with van der Waals surface area (Å²) in [5, 5.41) is 0. The summed E-state index contributed by atoms with van der Waals surface area (Å²) < 4.78 is 60.4. The fourth-order valence-corrected chi connectivity index (χ4v) is 5.82. The molecule has 0 fully saturated rings. The second-order valence-electron chi connectivity index (χ2n) is 3.61. The molecule has 1 aromatic heterocycles. The number of hydrogen-bond acceptors (Lipinski definition) is 4. The summed E-state index contributed by atoms with van der Waals surface area (Å²) in [4.78, 5) is 3.77. The minimum Gasteiger partial charge on any atom is -0.225 e. The number of alkyl halides is 6. The van der Waals surface area contributed by atoms with E-state index in [0.29, 0.717) is 4.70 Å². The maximum atomic E-state index is 12.6. The number of hydrogen-bond donors (Lipinski definition) is 0. The Labute approximate surface area is 140 Å². The van der Waals surface area contributed by atoms with Gasteiger partial charge in [-0.1, -0.05) is 0 Å². The molecule has 0 spiro atoms. The highest BCUT2D eigenvalue weighted by atomic mass is 80.0. The first-order valence-corrected chi connectivity index (χ1v) is 9.40. The third-order valence-corrected chi connectivity index (χ3v) is 8.97. The molecule has 0 atom stereocenters. The summed E-state index contributed by atoms with van der Waals surface area (Å²) >= 11 is 9.41. The molecule has 0 bridgehead atoms. The molecule has 1 heterocycles. The van der Waals surface area contributed by atoms with Crippen LogP contribution in [0.2, 0.25) is 0 Å². The van der Waals surface area contributed by atoms with Gasteiger partial charge in [0.1, 0.15) is 0 Å². The first kappa shape index (κ1) is 16.7. The molecule has 0 radical (unpaired) electrons. The first-order chi connectivity index (χ1) is 8.93. The van der Waals surface area contributed by atoms with Gasteiger partial charge in [-0.25, -0.2) is 13.4 Å². The Morgan fingerprint density at radius 2 is 1.75 bits per heavy atom. The fraction of sp³-hybridized carbons (Fsp3) is 0.222. The van der Waals surface area contributed by atoms with Crippen molar-refractivity contribution in [2.45, 2.75) is 12.0 Å². The highest BCUT2D eigenvalue weighted by molar-refractivity contribution is 9.42. The molecule has 0 aliphatic rings. The zero-order chi connectivity index (χ0) is 15.3. The molecule has 0 amide bonds. The average Bonchev–Trinajstić information content (AvgIpc) is 2.68. The SMILES string of the molecule is O=S(=O)(c1nc2cc(C(F)(F)F)ccc2s1)C(Br)(Br)Br. The van der Waals surface area contributed by atoms with Gasteiger partial charge in [0.25, 0.3) is 0 Å². The van der Waals surface area contributed by atoms with Crippen LogP contribution in [0.4, 0.5) is 13.2 Å². The lowest BCUT2D eigenvalue weighted by molar-refractivity contribution is -0.137. The van der Waals surface area contributed by atoms with E-state index >= 15 is 0 Å². The molecule has 2 aromatic rings. The van der Waals surface area contributed by atoms with Gasteiger partial charge in [-0.15, -0.1) is 11.3 Å². The topological polar surface area (TPSA) is 47.0 Å². The van der Waals surface area contributed by atoms with Crippen molar-refractivity contribution >= 4 is 79.2 Å². The Morgan fingerprint density at radius 1 is 1.15 bits per heavy atom. The number of halogens is 6. The summed E-state index contributed by atoms with van der Waals surface area (Å²) in [7, 11) is -3.91. The lowest BCUT2D eigenvalue weighted by Gasteiger charge is -2.09. The predicted molar refractivity (Wildman–Crippen MR) is 81.3 cm³/mol. The van der Waals surface area contributed by atoms with Gasteiger partial charge in [-0.3, -0.25) is 0 Å². The lowest BCUT2D eigenvalue weighted by atomic mass is 10.2. The molecule has 1 aromatic carbocycles. The average molecular weight is 518 g/mol. The maximum absolute atomic E-state index is 12.6. The number of rotatable bonds is 1. The Hall–Kier alpha value is 0.290. The van der Waals surface area contributed by atoms with Gasteiger partial charge in [0, 0.05) is 0 Å². The van der Waals surface area contributed by atoms with Gasteiger partial charge in [0.2, 0.25) is 15.7 Å². The van der Waals surface area contributed by atoms with E-state index in [2.05, 4.69) is 52.8 Å². The van der Waals surface area contributed by atoms with Crippen LogP contribution in [-0.2, 0) is 16.0 Å². The number of thiazole rings is 1. The van der Waals surface area contributed by atoms with Gasteiger partial charge >= 0.3 is 6.18 Å². The third-order valence-electron chi connectivity index (χ3n) is 2.23. The standard InChI is InChI=1S/C9H3Br3F3NO2S2/c10-9(11,12)20(17,18)7-16-5-3-4(8(13,14)15)1-2-6(5)19-7/h1-3H. The van der Waals surface area contributed by atoms with E-state index < -0.39 is 23.1 Å². The predicted octanol–water partition coefficient (Wildman–Crippen LogP) is 4.88. The summed E-state index contributed by atoms with van der Waals surface area (Å²) in [6, 6.07) is 2.91. The smallest absolute Gasteiger partial charge is 0.225 e. The molecule has 11 heteroatoms. The number of fused-ring (bicyclic) bond motifs is 1. The highest BCUT2D eigenvalue weighted by Gasteiger charge is 2.40. The molecule has 20 heavy (non-hydrogen) atoms. The molecule has 0 saturated heterocycles. The van der Waals surface area contributed by atoms with Crippen molar-refractivity contribution in [3.63, 3.8) is 0 Å². The molecular formula is C9H3Br3F3NO2S2.